The smallest absolute Gasteiger partial charge is 0.150 e. The first-order valence-electron chi connectivity index (χ1n) is 3.49. The van der Waals surface area contributed by atoms with Crippen molar-refractivity contribution in [2.24, 2.45) is 0 Å². The summed E-state index contributed by atoms with van der Waals surface area (Å²) in [6, 6.07) is 2.03. The number of hydrogen-bond acceptors (Lipinski definition) is 2. The highest BCUT2D eigenvalue weighted by atomic mass is 19.1. The van der Waals surface area contributed by atoms with E-state index < -0.39 is 17.3 Å². The van der Waals surface area contributed by atoms with Crippen LogP contribution in [0.4, 0.5) is 14.5 Å². The first-order valence-corrected chi connectivity index (χ1v) is 3.49. The van der Waals surface area contributed by atoms with Crippen molar-refractivity contribution < 1.29 is 13.9 Å². The summed E-state index contributed by atoms with van der Waals surface area (Å²) in [5, 5.41) is 8.33. The van der Waals surface area contributed by atoms with Gasteiger partial charge in [0.15, 0.2) is 0 Å². The number of hydrogen-bond donors (Lipinski definition) is 2. The summed E-state index contributed by atoms with van der Waals surface area (Å²) in [4.78, 5) is 0. The SMILES string of the molecule is Nc1c(F)cc(C#CCO)cc1F. The number of nitrogen functional groups attached to an aromatic ring is 1. The molecule has 0 heterocycles. The van der Waals surface area contributed by atoms with Gasteiger partial charge in [-0.15, -0.1) is 0 Å². The summed E-state index contributed by atoms with van der Waals surface area (Å²) in [5.74, 6) is 2.95. The van der Waals surface area contributed by atoms with Gasteiger partial charge in [-0.1, -0.05) is 11.8 Å². The van der Waals surface area contributed by atoms with Gasteiger partial charge in [0.1, 0.15) is 23.9 Å². The Balaban J connectivity index is 3.13. The molecule has 4 heteroatoms. The molecule has 0 atom stereocenters. The standard InChI is InChI=1S/C9H7F2NO/c10-7-4-6(2-1-3-13)5-8(11)9(7)12/h4-5,13H,3,12H2. The zero-order valence-electron chi connectivity index (χ0n) is 6.64. The van der Waals surface area contributed by atoms with Gasteiger partial charge in [0.25, 0.3) is 0 Å². The molecule has 1 rings (SSSR count). The Kier molecular flexibility index (Phi) is 2.83. The van der Waals surface area contributed by atoms with Crippen LogP contribution in [-0.4, -0.2) is 11.7 Å². The zero-order valence-corrected chi connectivity index (χ0v) is 6.64. The van der Waals surface area contributed by atoms with Crippen LogP contribution < -0.4 is 5.73 Å². The Morgan fingerprint density at radius 1 is 1.31 bits per heavy atom. The first kappa shape index (κ1) is 9.49. The van der Waals surface area contributed by atoms with E-state index in [-0.39, 0.29) is 12.2 Å². The van der Waals surface area contributed by atoms with Crippen molar-refractivity contribution in [3.8, 4) is 11.8 Å². The van der Waals surface area contributed by atoms with Gasteiger partial charge in [-0.05, 0) is 12.1 Å². The summed E-state index contributed by atoms with van der Waals surface area (Å²) in [7, 11) is 0. The fraction of sp³-hybridized carbons (Fsp3) is 0.111. The van der Waals surface area contributed by atoms with Crippen molar-refractivity contribution in [1.29, 1.82) is 0 Å². The molecule has 68 valence electrons. The molecule has 3 N–H and O–H groups in total. The minimum Gasteiger partial charge on any atom is -0.394 e. The van der Waals surface area contributed by atoms with Crippen molar-refractivity contribution in [3.05, 3.63) is 29.3 Å². The van der Waals surface area contributed by atoms with Crippen LogP contribution in [0, 0.1) is 23.5 Å². The van der Waals surface area contributed by atoms with Crippen LogP contribution in [0.1, 0.15) is 5.56 Å². The predicted octanol–water partition coefficient (Wildman–Crippen LogP) is 0.891. The quantitative estimate of drug-likeness (QED) is 0.463. The Labute approximate surface area is 74.0 Å². The topological polar surface area (TPSA) is 46.2 Å². The predicted molar refractivity (Wildman–Crippen MR) is 44.7 cm³/mol. The number of aliphatic hydroxyl groups is 1. The highest BCUT2D eigenvalue weighted by Crippen LogP contribution is 2.16. The van der Waals surface area contributed by atoms with Crippen molar-refractivity contribution in [2.45, 2.75) is 0 Å². The van der Waals surface area contributed by atoms with Crippen molar-refractivity contribution >= 4 is 5.69 Å². The second kappa shape index (κ2) is 3.87. The van der Waals surface area contributed by atoms with Gasteiger partial charge >= 0.3 is 0 Å². The summed E-state index contributed by atoms with van der Waals surface area (Å²) in [6.07, 6.45) is 0. The molecule has 0 aromatic heterocycles. The molecule has 13 heavy (non-hydrogen) atoms. The maximum Gasteiger partial charge on any atom is 0.150 e. The molecule has 0 spiro atoms. The lowest BCUT2D eigenvalue weighted by Gasteiger charge is -1.98. The van der Waals surface area contributed by atoms with Gasteiger partial charge in [-0.25, -0.2) is 8.78 Å². The lowest BCUT2D eigenvalue weighted by atomic mass is 10.2. The molecule has 0 bridgehead atoms. The van der Waals surface area contributed by atoms with Crippen LogP contribution in [0.25, 0.3) is 0 Å². The number of benzene rings is 1. The third-order valence-electron chi connectivity index (χ3n) is 1.39. The normalized spacial score (nSPS) is 9.15. The van der Waals surface area contributed by atoms with E-state index in [4.69, 9.17) is 10.8 Å². The Hall–Kier alpha value is -1.60. The molecule has 0 aliphatic rings. The molecule has 1 aromatic rings. The molecule has 0 fully saturated rings. The van der Waals surface area contributed by atoms with Crippen LogP contribution in [0.5, 0.6) is 0 Å². The van der Waals surface area contributed by atoms with Gasteiger partial charge < -0.3 is 10.8 Å². The van der Waals surface area contributed by atoms with Gasteiger partial charge in [-0.2, -0.15) is 0 Å². The summed E-state index contributed by atoms with van der Waals surface area (Å²) in [6.45, 7) is -0.354. The van der Waals surface area contributed by atoms with Crippen molar-refractivity contribution in [3.63, 3.8) is 0 Å². The van der Waals surface area contributed by atoms with Crippen LogP contribution in [-0.2, 0) is 0 Å². The lowest BCUT2D eigenvalue weighted by molar-refractivity contribution is 0.350. The van der Waals surface area contributed by atoms with Crippen molar-refractivity contribution in [1.82, 2.24) is 0 Å². The highest BCUT2D eigenvalue weighted by Gasteiger charge is 2.05. The molecule has 0 radical (unpaired) electrons. The summed E-state index contributed by atoms with van der Waals surface area (Å²) in [5.41, 5.74) is 4.66. The van der Waals surface area contributed by atoms with E-state index in [2.05, 4.69) is 11.8 Å². The minimum atomic E-state index is -0.845. The summed E-state index contributed by atoms with van der Waals surface area (Å²) >= 11 is 0. The van der Waals surface area contributed by atoms with Gasteiger partial charge in [0, 0.05) is 5.56 Å². The van der Waals surface area contributed by atoms with Crippen LogP contribution in [0.15, 0.2) is 12.1 Å². The lowest BCUT2D eigenvalue weighted by Crippen LogP contribution is -1.96. The average molecular weight is 183 g/mol. The molecule has 2 nitrogen and oxygen atoms in total. The monoisotopic (exact) mass is 183 g/mol. The van der Waals surface area contributed by atoms with E-state index in [9.17, 15) is 8.78 Å². The fourth-order valence-corrected chi connectivity index (χ4v) is 0.798. The summed E-state index contributed by atoms with van der Waals surface area (Å²) < 4.78 is 25.5. The molecule has 0 unspecified atom stereocenters. The van der Waals surface area contributed by atoms with Gasteiger partial charge in [0.05, 0.1) is 0 Å². The molecule has 0 aliphatic heterocycles. The number of anilines is 1. The Morgan fingerprint density at radius 2 is 1.85 bits per heavy atom. The number of halogens is 2. The molecule has 0 saturated heterocycles. The minimum absolute atomic E-state index is 0.151. The molecule has 0 amide bonds. The van der Waals surface area contributed by atoms with Crippen LogP contribution in [0.3, 0.4) is 0 Å². The van der Waals surface area contributed by atoms with E-state index in [0.29, 0.717) is 0 Å². The maximum absolute atomic E-state index is 12.8. The second-order valence-electron chi connectivity index (χ2n) is 2.31. The molecular formula is C9H7F2NO. The fourth-order valence-electron chi connectivity index (χ4n) is 0.798. The zero-order chi connectivity index (χ0) is 9.84. The highest BCUT2D eigenvalue weighted by molar-refractivity contribution is 5.47. The Morgan fingerprint density at radius 3 is 2.31 bits per heavy atom. The van der Waals surface area contributed by atoms with Crippen molar-refractivity contribution in [2.75, 3.05) is 12.3 Å². The average Bonchev–Trinajstić information content (AvgIpc) is 2.10. The molecule has 1 aromatic carbocycles. The van der Waals surface area contributed by atoms with E-state index >= 15 is 0 Å². The molecular weight excluding hydrogens is 176 g/mol. The van der Waals surface area contributed by atoms with E-state index in [1.54, 1.807) is 0 Å². The van der Waals surface area contributed by atoms with Crippen LogP contribution in [0.2, 0.25) is 0 Å². The maximum atomic E-state index is 12.8. The van der Waals surface area contributed by atoms with E-state index in [1.165, 1.54) is 0 Å². The van der Waals surface area contributed by atoms with E-state index in [1.807, 2.05) is 0 Å². The third kappa shape index (κ3) is 2.17. The van der Waals surface area contributed by atoms with Crippen LogP contribution >= 0.6 is 0 Å². The third-order valence-corrected chi connectivity index (χ3v) is 1.39. The number of nitrogens with two attached hydrogens (primary N) is 1. The molecule has 0 saturated carbocycles. The number of rotatable bonds is 0. The van der Waals surface area contributed by atoms with Gasteiger partial charge in [0.2, 0.25) is 0 Å². The largest absolute Gasteiger partial charge is 0.394 e. The first-order chi connectivity index (χ1) is 6.15. The van der Waals surface area contributed by atoms with E-state index in [0.717, 1.165) is 12.1 Å². The second-order valence-corrected chi connectivity index (χ2v) is 2.31. The Bertz CT molecular complexity index is 356. The number of aliphatic hydroxyl groups excluding tert-OH is 1. The molecule has 0 aliphatic carbocycles. The van der Waals surface area contributed by atoms with Gasteiger partial charge in [-0.3, -0.25) is 0 Å².